The van der Waals surface area contributed by atoms with Crippen molar-refractivity contribution in [3.05, 3.63) is 54.1 Å². The molecule has 2 aromatic heterocycles. The first-order chi connectivity index (χ1) is 15.3. The van der Waals surface area contributed by atoms with Crippen LogP contribution in [-0.4, -0.2) is 62.1 Å². The van der Waals surface area contributed by atoms with Gasteiger partial charge in [0, 0.05) is 25.0 Å². The summed E-state index contributed by atoms with van der Waals surface area (Å²) in [5, 5.41) is 8.21. The lowest BCUT2D eigenvalue weighted by molar-refractivity contribution is -0.138. The summed E-state index contributed by atoms with van der Waals surface area (Å²) >= 11 is 0. The molecule has 1 atom stereocenters. The lowest BCUT2D eigenvalue weighted by Gasteiger charge is -2.32. The van der Waals surface area contributed by atoms with Gasteiger partial charge < -0.3 is 14.4 Å². The number of methoxy groups -OCH3 is 1. The van der Waals surface area contributed by atoms with Crippen molar-refractivity contribution >= 4 is 5.91 Å². The molecule has 3 aromatic rings. The van der Waals surface area contributed by atoms with Gasteiger partial charge >= 0.3 is 12.2 Å². The fraction of sp³-hybridized carbons (Fsp3) is 0.350. The monoisotopic (exact) mass is 448 g/mol. The molecule has 1 saturated heterocycles. The molecule has 1 aliphatic heterocycles. The highest BCUT2D eigenvalue weighted by molar-refractivity contribution is 5.98. The van der Waals surface area contributed by atoms with Crippen molar-refractivity contribution in [3.8, 4) is 17.4 Å². The van der Waals surface area contributed by atoms with Gasteiger partial charge in [0.15, 0.2) is 0 Å². The number of carbonyl (C=O) groups is 1. The second-order valence-corrected chi connectivity index (χ2v) is 7.09. The minimum atomic E-state index is -4.52. The van der Waals surface area contributed by atoms with Gasteiger partial charge in [-0.1, -0.05) is 0 Å². The van der Waals surface area contributed by atoms with Crippen molar-refractivity contribution in [3.63, 3.8) is 0 Å². The molecule has 1 amide bonds. The number of halogens is 3. The van der Waals surface area contributed by atoms with Gasteiger partial charge in [0.1, 0.15) is 17.5 Å². The molecule has 0 spiro atoms. The van der Waals surface area contributed by atoms with E-state index in [1.807, 2.05) is 0 Å². The molecule has 0 aliphatic carbocycles. The van der Waals surface area contributed by atoms with Crippen molar-refractivity contribution in [2.45, 2.75) is 25.1 Å². The number of alkyl halides is 3. The van der Waals surface area contributed by atoms with E-state index >= 15 is 0 Å². The van der Waals surface area contributed by atoms with Crippen LogP contribution in [0.15, 0.2) is 43.0 Å². The Morgan fingerprint density at radius 2 is 1.88 bits per heavy atom. The van der Waals surface area contributed by atoms with E-state index in [0.717, 1.165) is 0 Å². The van der Waals surface area contributed by atoms with E-state index in [2.05, 4.69) is 20.2 Å². The highest BCUT2D eigenvalue weighted by Crippen LogP contribution is 2.29. The van der Waals surface area contributed by atoms with Crippen LogP contribution in [0.4, 0.5) is 13.2 Å². The Kier molecular flexibility index (Phi) is 5.93. The predicted octanol–water partition coefficient (Wildman–Crippen LogP) is 2.77. The first-order valence-electron chi connectivity index (χ1n) is 9.75. The number of amides is 1. The van der Waals surface area contributed by atoms with E-state index < -0.39 is 17.8 Å². The van der Waals surface area contributed by atoms with Crippen LogP contribution in [0.3, 0.4) is 0 Å². The van der Waals surface area contributed by atoms with Crippen molar-refractivity contribution in [2.24, 2.45) is 0 Å². The number of carbonyl (C=O) groups excluding carboxylic acids is 1. The number of likely N-dealkylation sites (tertiary alicyclic amines) is 1. The molecule has 0 N–H and O–H groups in total. The van der Waals surface area contributed by atoms with Crippen molar-refractivity contribution < 1.29 is 27.4 Å². The van der Waals surface area contributed by atoms with Crippen LogP contribution < -0.4 is 9.47 Å². The topological polar surface area (TPSA) is 95.3 Å². The first-order valence-corrected chi connectivity index (χ1v) is 9.75. The number of piperidine rings is 1. The summed E-state index contributed by atoms with van der Waals surface area (Å²) in [4.78, 5) is 23.5. The zero-order valence-electron chi connectivity index (χ0n) is 17.0. The lowest BCUT2D eigenvalue weighted by Crippen LogP contribution is -2.44. The minimum absolute atomic E-state index is 0.164. The largest absolute Gasteiger partial charge is 0.497 e. The lowest BCUT2D eigenvalue weighted by atomic mass is 10.1. The molecule has 1 aromatic carbocycles. The van der Waals surface area contributed by atoms with Crippen LogP contribution in [0.25, 0.3) is 5.69 Å². The number of benzene rings is 1. The Labute approximate surface area is 180 Å². The molecular formula is C20H19F3N6O3. The number of aromatic nitrogens is 5. The Bertz CT molecular complexity index is 1070. The van der Waals surface area contributed by atoms with Gasteiger partial charge in [-0.15, -0.1) is 0 Å². The van der Waals surface area contributed by atoms with Crippen LogP contribution in [0.1, 0.15) is 28.8 Å². The third-order valence-electron chi connectivity index (χ3n) is 4.96. The Hall–Kier alpha value is -3.70. The summed E-state index contributed by atoms with van der Waals surface area (Å²) in [6, 6.07) is 4.82. The fourth-order valence-corrected chi connectivity index (χ4v) is 3.39. The van der Waals surface area contributed by atoms with Crippen LogP contribution in [0.5, 0.6) is 11.8 Å². The highest BCUT2D eigenvalue weighted by atomic mass is 19.4. The van der Waals surface area contributed by atoms with Gasteiger partial charge in [-0.2, -0.15) is 28.2 Å². The van der Waals surface area contributed by atoms with Gasteiger partial charge in [0.25, 0.3) is 5.91 Å². The molecule has 9 nitrogen and oxygen atoms in total. The van der Waals surface area contributed by atoms with Crippen LogP contribution in [-0.2, 0) is 6.18 Å². The van der Waals surface area contributed by atoms with Crippen LogP contribution >= 0.6 is 0 Å². The third kappa shape index (κ3) is 4.63. The standard InChI is InChI=1S/C20H19F3N6O3/c1-31-14-4-5-16(17(9-14)29-26-6-7-27-29)18(30)28-8-2-3-15(12-28)32-19-24-10-13(11-25-19)20(21,22)23/h4-7,9-11,15H,2-3,8,12H2,1H3. The fourth-order valence-electron chi connectivity index (χ4n) is 3.39. The number of ether oxygens (including phenoxy) is 2. The molecule has 0 bridgehead atoms. The minimum Gasteiger partial charge on any atom is -0.497 e. The van der Waals surface area contributed by atoms with Gasteiger partial charge in [0.05, 0.1) is 37.2 Å². The van der Waals surface area contributed by atoms with Crippen LogP contribution in [0.2, 0.25) is 0 Å². The second kappa shape index (κ2) is 8.81. The number of hydrogen-bond donors (Lipinski definition) is 0. The Morgan fingerprint density at radius 3 is 2.53 bits per heavy atom. The van der Waals surface area contributed by atoms with E-state index in [4.69, 9.17) is 9.47 Å². The van der Waals surface area contributed by atoms with Gasteiger partial charge in [-0.25, -0.2) is 9.97 Å². The van der Waals surface area contributed by atoms with E-state index in [-0.39, 0.29) is 18.5 Å². The average molecular weight is 448 g/mol. The molecule has 0 saturated carbocycles. The van der Waals surface area contributed by atoms with E-state index in [1.165, 1.54) is 24.3 Å². The van der Waals surface area contributed by atoms with Gasteiger partial charge in [-0.3, -0.25) is 4.79 Å². The van der Waals surface area contributed by atoms with E-state index in [9.17, 15) is 18.0 Å². The molecule has 168 valence electrons. The number of hydrogen-bond acceptors (Lipinski definition) is 7. The maximum Gasteiger partial charge on any atom is 0.419 e. The average Bonchev–Trinajstić information content (AvgIpc) is 3.33. The molecule has 0 radical (unpaired) electrons. The van der Waals surface area contributed by atoms with Crippen molar-refractivity contribution in [1.29, 1.82) is 0 Å². The van der Waals surface area contributed by atoms with Gasteiger partial charge in [-0.05, 0) is 25.0 Å². The Balaban J connectivity index is 1.50. The number of rotatable bonds is 5. The smallest absolute Gasteiger partial charge is 0.419 e. The molecule has 1 aliphatic rings. The molecular weight excluding hydrogens is 429 g/mol. The zero-order chi connectivity index (χ0) is 22.7. The SMILES string of the molecule is COc1ccc(C(=O)N2CCCC(Oc3ncc(C(F)(F)F)cn3)C2)c(-n2nccn2)c1. The first kappa shape index (κ1) is 21.5. The second-order valence-electron chi connectivity index (χ2n) is 7.09. The summed E-state index contributed by atoms with van der Waals surface area (Å²) in [6.07, 6.45) is 0.655. The molecule has 1 fully saturated rings. The maximum absolute atomic E-state index is 13.3. The molecule has 12 heteroatoms. The Morgan fingerprint density at radius 1 is 1.16 bits per heavy atom. The maximum atomic E-state index is 13.3. The molecule has 32 heavy (non-hydrogen) atoms. The summed E-state index contributed by atoms with van der Waals surface area (Å²) in [7, 11) is 1.52. The predicted molar refractivity (Wildman–Crippen MR) is 104 cm³/mol. The number of nitrogens with zero attached hydrogens (tertiary/aromatic N) is 6. The van der Waals surface area contributed by atoms with Crippen LogP contribution in [0, 0.1) is 0 Å². The van der Waals surface area contributed by atoms with E-state index in [1.54, 1.807) is 23.1 Å². The summed E-state index contributed by atoms with van der Waals surface area (Å²) in [5.41, 5.74) is -0.105. The molecule has 3 heterocycles. The van der Waals surface area contributed by atoms with Gasteiger partial charge in [0.2, 0.25) is 0 Å². The quantitative estimate of drug-likeness (QED) is 0.592. The normalized spacial score (nSPS) is 16.6. The van der Waals surface area contributed by atoms with Crippen molar-refractivity contribution in [1.82, 2.24) is 29.9 Å². The zero-order valence-corrected chi connectivity index (χ0v) is 17.0. The molecule has 4 rings (SSSR count). The highest BCUT2D eigenvalue weighted by Gasteiger charge is 2.32. The van der Waals surface area contributed by atoms with Crippen molar-refractivity contribution in [2.75, 3.05) is 20.2 Å². The summed E-state index contributed by atoms with van der Waals surface area (Å²) in [5.74, 6) is 0.301. The summed E-state index contributed by atoms with van der Waals surface area (Å²) in [6.45, 7) is 0.742. The molecule has 1 unspecified atom stereocenters. The third-order valence-corrected chi connectivity index (χ3v) is 4.96. The summed E-state index contributed by atoms with van der Waals surface area (Å²) < 4.78 is 48.9. The van der Waals surface area contributed by atoms with E-state index in [0.29, 0.717) is 48.8 Å².